The highest BCUT2D eigenvalue weighted by atomic mass is 32.1. The smallest absolute Gasteiger partial charge is 0.341 e. The molecule has 6 heteroatoms. The van der Waals surface area contributed by atoms with E-state index in [9.17, 15) is 9.59 Å². The fourth-order valence-electron chi connectivity index (χ4n) is 1.64. The molecule has 0 aliphatic heterocycles. The number of carbonyl (C=O) groups is 2. The van der Waals surface area contributed by atoms with Crippen LogP contribution in [0.15, 0.2) is 41.8 Å². The first-order valence-corrected chi connectivity index (χ1v) is 7.24. The fourth-order valence-corrected chi connectivity index (χ4v) is 2.50. The van der Waals surface area contributed by atoms with Gasteiger partial charge in [0, 0.05) is 0 Å². The summed E-state index contributed by atoms with van der Waals surface area (Å²) in [7, 11) is 0. The fraction of sp³-hybridized carbons (Fsp3) is 0.200. The van der Waals surface area contributed by atoms with Gasteiger partial charge in [-0.2, -0.15) is 0 Å². The third kappa shape index (κ3) is 4.06. The molecule has 1 heterocycles. The molecule has 0 spiro atoms. The number of rotatable bonds is 6. The second-order valence-electron chi connectivity index (χ2n) is 4.43. The Morgan fingerprint density at radius 1 is 1.29 bits per heavy atom. The zero-order chi connectivity index (χ0) is 15.2. The molecule has 0 saturated carbocycles. The zero-order valence-corrected chi connectivity index (χ0v) is 12.2. The summed E-state index contributed by atoms with van der Waals surface area (Å²) >= 11 is 1.27. The van der Waals surface area contributed by atoms with Crippen LogP contribution in [-0.2, 0) is 16.1 Å². The van der Waals surface area contributed by atoms with Gasteiger partial charge in [-0.1, -0.05) is 30.3 Å². The highest BCUT2D eigenvalue weighted by Gasteiger charge is 2.18. The van der Waals surface area contributed by atoms with Crippen LogP contribution in [-0.4, -0.2) is 23.1 Å². The van der Waals surface area contributed by atoms with Gasteiger partial charge in [-0.15, -0.1) is 11.3 Å². The van der Waals surface area contributed by atoms with Crippen LogP contribution in [0.5, 0.6) is 0 Å². The summed E-state index contributed by atoms with van der Waals surface area (Å²) in [5.74, 6) is -1.45. The number of nitrogens with one attached hydrogen (secondary N) is 1. The number of hydrogen-bond acceptors (Lipinski definition) is 5. The molecule has 0 bridgehead atoms. The van der Waals surface area contributed by atoms with E-state index in [1.54, 1.807) is 11.4 Å². The van der Waals surface area contributed by atoms with E-state index in [1.165, 1.54) is 18.3 Å². The molecule has 2 rings (SSSR count). The van der Waals surface area contributed by atoms with E-state index in [0.717, 1.165) is 5.56 Å². The number of benzene rings is 1. The minimum atomic E-state index is -0.980. The van der Waals surface area contributed by atoms with E-state index >= 15 is 0 Å². The van der Waals surface area contributed by atoms with Crippen molar-refractivity contribution in [3.8, 4) is 0 Å². The predicted octanol–water partition coefficient (Wildman–Crippen LogP) is 2.99. The second-order valence-corrected chi connectivity index (χ2v) is 5.35. The summed E-state index contributed by atoms with van der Waals surface area (Å²) in [5, 5.41) is 13.9. The lowest BCUT2D eigenvalue weighted by Gasteiger charge is -2.11. The van der Waals surface area contributed by atoms with Crippen molar-refractivity contribution in [2.24, 2.45) is 0 Å². The summed E-state index contributed by atoms with van der Waals surface area (Å²) < 4.78 is 5.24. The van der Waals surface area contributed by atoms with Crippen LogP contribution in [0, 0.1) is 0 Å². The van der Waals surface area contributed by atoms with Crippen molar-refractivity contribution in [2.45, 2.75) is 19.6 Å². The molecular formula is C15H15NO4S. The van der Waals surface area contributed by atoms with Crippen LogP contribution in [0.2, 0.25) is 0 Å². The number of carboxylic acids is 1. The standard InChI is InChI=1S/C15H15NO4S/c1-10(14(17)18)16-13-12(7-8-21-13)15(19)20-9-11-5-3-2-4-6-11/h2-8,10,16H,9H2,1H3,(H,17,18). The minimum absolute atomic E-state index is 0.184. The maximum atomic E-state index is 12.0. The van der Waals surface area contributed by atoms with Gasteiger partial charge in [0.2, 0.25) is 0 Å². The highest BCUT2D eigenvalue weighted by Crippen LogP contribution is 2.25. The van der Waals surface area contributed by atoms with E-state index < -0.39 is 18.0 Å². The first kappa shape index (κ1) is 15.1. The van der Waals surface area contributed by atoms with Gasteiger partial charge in [-0.05, 0) is 23.9 Å². The van der Waals surface area contributed by atoms with Crippen molar-refractivity contribution in [1.29, 1.82) is 0 Å². The molecule has 2 N–H and O–H groups in total. The maximum Gasteiger partial charge on any atom is 0.341 e. The normalized spacial score (nSPS) is 11.7. The molecule has 0 saturated heterocycles. The molecule has 5 nitrogen and oxygen atoms in total. The minimum Gasteiger partial charge on any atom is -0.480 e. The molecule has 0 fully saturated rings. The molecule has 0 aliphatic rings. The summed E-state index contributed by atoms with van der Waals surface area (Å²) in [4.78, 5) is 22.9. The Hall–Kier alpha value is -2.34. The van der Waals surface area contributed by atoms with E-state index in [-0.39, 0.29) is 6.61 Å². The van der Waals surface area contributed by atoms with Gasteiger partial charge >= 0.3 is 11.9 Å². The molecule has 1 aromatic carbocycles. The lowest BCUT2D eigenvalue weighted by Crippen LogP contribution is -2.25. The van der Waals surface area contributed by atoms with Gasteiger partial charge in [0.15, 0.2) is 0 Å². The Bertz CT molecular complexity index is 624. The molecule has 1 unspecified atom stereocenters. The van der Waals surface area contributed by atoms with Gasteiger partial charge in [0.05, 0.1) is 5.56 Å². The lowest BCUT2D eigenvalue weighted by atomic mass is 10.2. The molecule has 0 radical (unpaired) electrons. The van der Waals surface area contributed by atoms with Crippen molar-refractivity contribution in [3.05, 3.63) is 52.9 Å². The van der Waals surface area contributed by atoms with Crippen molar-refractivity contribution in [3.63, 3.8) is 0 Å². The summed E-state index contributed by atoms with van der Waals surface area (Å²) in [6.07, 6.45) is 0. The molecule has 2 aromatic rings. The molecular weight excluding hydrogens is 290 g/mol. The number of anilines is 1. The Morgan fingerprint density at radius 2 is 2.00 bits per heavy atom. The topological polar surface area (TPSA) is 75.6 Å². The molecule has 0 aliphatic carbocycles. The Morgan fingerprint density at radius 3 is 2.67 bits per heavy atom. The number of ether oxygens (including phenoxy) is 1. The Kier molecular flexibility index (Phi) is 4.94. The van der Waals surface area contributed by atoms with Crippen LogP contribution >= 0.6 is 11.3 Å². The average molecular weight is 305 g/mol. The first-order chi connectivity index (χ1) is 10.1. The monoisotopic (exact) mass is 305 g/mol. The van der Waals surface area contributed by atoms with E-state index in [4.69, 9.17) is 9.84 Å². The van der Waals surface area contributed by atoms with Crippen molar-refractivity contribution >= 4 is 28.3 Å². The maximum absolute atomic E-state index is 12.0. The zero-order valence-electron chi connectivity index (χ0n) is 11.4. The highest BCUT2D eigenvalue weighted by molar-refractivity contribution is 7.14. The third-order valence-electron chi connectivity index (χ3n) is 2.82. The largest absolute Gasteiger partial charge is 0.480 e. The van der Waals surface area contributed by atoms with Crippen molar-refractivity contribution in [1.82, 2.24) is 0 Å². The van der Waals surface area contributed by atoms with E-state index in [2.05, 4.69) is 5.32 Å². The van der Waals surface area contributed by atoms with Crippen molar-refractivity contribution in [2.75, 3.05) is 5.32 Å². The molecule has 1 aromatic heterocycles. The SMILES string of the molecule is CC(Nc1sccc1C(=O)OCc1ccccc1)C(=O)O. The number of carboxylic acid groups (broad SMARTS) is 1. The van der Waals surface area contributed by atoms with Gasteiger partial charge in [0.25, 0.3) is 0 Å². The average Bonchev–Trinajstić information content (AvgIpc) is 2.94. The molecule has 110 valence electrons. The van der Waals surface area contributed by atoms with Gasteiger partial charge in [0.1, 0.15) is 17.6 Å². The molecule has 0 amide bonds. The number of aliphatic carboxylic acids is 1. The summed E-state index contributed by atoms with van der Waals surface area (Å²) in [6, 6.07) is 10.2. The lowest BCUT2D eigenvalue weighted by molar-refractivity contribution is -0.137. The quantitative estimate of drug-likeness (QED) is 0.802. The summed E-state index contributed by atoms with van der Waals surface area (Å²) in [5.41, 5.74) is 1.25. The number of esters is 1. The van der Waals surface area contributed by atoms with E-state index in [1.807, 2.05) is 30.3 Å². The van der Waals surface area contributed by atoms with Crippen LogP contribution in [0.25, 0.3) is 0 Å². The van der Waals surface area contributed by atoms with Crippen LogP contribution < -0.4 is 5.32 Å². The predicted molar refractivity (Wildman–Crippen MR) is 80.6 cm³/mol. The summed E-state index contributed by atoms with van der Waals surface area (Å²) in [6.45, 7) is 1.70. The second kappa shape index (κ2) is 6.90. The number of thiophene rings is 1. The van der Waals surface area contributed by atoms with E-state index in [0.29, 0.717) is 10.6 Å². The van der Waals surface area contributed by atoms with Gasteiger partial charge in [-0.3, -0.25) is 4.79 Å². The Balaban J connectivity index is 2.00. The third-order valence-corrected chi connectivity index (χ3v) is 3.66. The molecule has 1 atom stereocenters. The van der Waals surface area contributed by atoms with Gasteiger partial charge in [-0.25, -0.2) is 4.79 Å². The van der Waals surface area contributed by atoms with Crippen LogP contribution in [0.3, 0.4) is 0 Å². The van der Waals surface area contributed by atoms with Crippen molar-refractivity contribution < 1.29 is 19.4 Å². The number of carbonyl (C=O) groups excluding carboxylic acids is 1. The number of hydrogen-bond donors (Lipinski definition) is 2. The van der Waals surface area contributed by atoms with Crippen LogP contribution in [0.1, 0.15) is 22.8 Å². The Labute approximate surface area is 126 Å². The van der Waals surface area contributed by atoms with Crippen LogP contribution in [0.4, 0.5) is 5.00 Å². The van der Waals surface area contributed by atoms with Gasteiger partial charge < -0.3 is 15.2 Å². The molecule has 21 heavy (non-hydrogen) atoms. The first-order valence-electron chi connectivity index (χ1n) is 6.36.